The van der Waals surface area contributed by atoms with E-state index in [4.69, 9.17) is 23.6 Å². The summed E-state index contributed by atoms with van der Waals surface area (Å²) < 4.78 is 24.6. The standard InChI is InChI=1S/C23H18N5O4PS2/c1-29-14-6-17(31-10-13-11-34-21(25-13)12-3-4-24-20(33)5-12)15-8-19(32-18(15)7-14)16-9-28-22(26-16)35-23(27-28)30-2/h3-9,11H,10,33H2,1-2H3. The third kappa shape index (κ3) is 4.22. The number of ether oxygens (including phenoxy) is 3. The molecule has 0 aliphatic carbocycles. The molecule has 5 aromatic heterocycles. The molecular formula is C23H18N5O4PS2. The summed E-state index contributed by atoms with van der Waals surface area (Å²) in [4.78, 5) is 14.3. The van der Waals surface area contributed by atoms with Crippen LogP contribution in [0.1, 0.15) is 5.69 Å². The maximum atomic E-state index is 6.18. The molecule has 176 valence electrons. The number of methoxy groups -OCH3 is 2. The van der Waals surface area contributed by atoms with Gasteiger partial charge in [-0.3, -0.25) is 4.98 Å². The molecule has 0 radical (unpaired) electrons. The average Bonchev–Trinajstić information content (AvgIpc) is 3.64. The molecule has 35 heavy (non-hydrogen) atoms. The summed E-state index contributed by atoms with van der Waals surface area (Å²) in [6.07, 6.45) is 3.58. The van der Waals surface area contributed by atoms with Gasteiger partial charge < -0.3 is 18.6 Å². The van der Waals surface area contributed by atoms with Crippen LogP contribution in [-0.4, -0.2) is 38.8 Å². The van der Waals surface area contributed by atoms with E-state index < -0.39 is 0 Å². The number of imidazole rings is 1. The second-order valence-corrected chi connectivity index (χ2v) is 9.84. The zero-order valence-electron chi connectivity index (χ0n) is 18.6. The Bertz CT molecular complexity index is 1640. The summed E-state index contributed by atoms with van der Waals surface area (Å²) in [7, 11) is 5.80. The van der Waals surface area contributed by atoms with Crippen molar-refractivity contribution in [3.8, 4) is 38.7 Å². The second kappa shape index (κ2) is 8.92. The predicted octanol–water partition coefficient (Wildman–Crippen LogP) is 4.82. The number of rotatable bonds is 7. The van der Waals surface area contributed by atoms with Gasteiger partial charge in [0.25, 0.3) is 5.19 Å². The van der Waals surface area contributed by atoms with Crippen LogP contribution in [0.15, 0.2) is 52.5 Å². The summed E-state index contributed by atoms with van der Waals surface area (Å²) in [6, 6.07) is 9.52. The SMILES string of the molecule is COc1cc(OCc2csc(-c3ccnc(P)c3)n2)c2cc(-c3cn4nc(OC)sc4n3)oc2c1. The first kappa shape index (κ1) is 22.0. The smallest absolute Gasteiger partial charge is 0.294 e. The number of thiazole rings is 1. The first-order valence-corrected chi connectivity index (χ1v) is 12.7. The van der Waals surface area contributed by atoms with Crippen LogP contribution in [0.5, 0.6) is 16.7 Å². The van der Waals surface area contributed by atoms with Crippen molar-refractivity contribution in [2.24, 2.45) is 0 Å². The Kier molecular flexibility index (Phi) is 5.60. The minimum Gasteiger partial charge on any atom is -0.496 e. The molecule has 6 aromatic rings. The van der Waals surface area contributed by atoms with Crippen molar-refractivity contribution in [1.82, 2.24) is 24.6 Å². The topological polar surface area (TPSA) is 96.8 Å². The summed E-state index contributed by atoms with van der Waals surface area (Å²) in [5.74, 6) is 1.88. The van der Waals surface area contributed by atoms with E-state index in [0.717, 1.165) is 27.1 Å². The first-order valence-electron chi connectivity index (χ1n) is 10.4. The highest BCUT2D eigenvalue weighted by Gasteiger charge is 2.17. The van der Waals surface area contributed by atoms with Gasteiger partial charge in [-0.25, -0.2) is 14.5 Å². The van der Waals surface area contributed by atoms with Crippen LogP contribution in [0.25, 0.3) is 38.0 Å². The van der Waals surface area contributed by atoms with Gasteiger partial charge in [0.15, 0.2) is 5.76 Å². The average molecular weight is 524 g/mol. The lowest BCUT2D eigenvalue weighted by Gasteiger charge is -2.08. The monoisotopic (exact) mass is 523 g/mol. The minimum absolute atomic E-state index is 0.308. The van der Waals surface area contributed by atoms with Crippen LogP contribution >= 0.6 is 31.9 Å². The number of fused-ring (bicyclic) bond motifs is 2. The second-order valence-electron chi connectivity index (χ2n) is 7.48. The fraction of sp³-hybridized carbons (Fsp3) is 0.130. The van der Waals surface area contributed by atoms with Crippen LogP contribution in [0.2, 0.25) is 0 Å². The van der Waals surface area contributed by atoms with Crippen LogP contribution in [-0.2, 0) is 6.61 Å². The molecular weight excluding hydrogens is 505 g/mol. The third-order valence-electron chi connectivity index (χ3n) is 5.22. The Labute approximate surface area is 209 Å². The normalized spacial score (nSPS) is 11.4. The molecule has 12 heteroatoms. The molecule has 0 saturated carbocycles. The highest BCUT2D eigenvalue weighted by Crippen LogP contribution is 2.37. The van der Waals surface area contributed by atoms with Crippen molar-refractivity contribution < 1.29 is 18.6 Å². The lowest BCUT2D eigenvalue weighted by atomic mass is 10.2. The maximum absolute atomic E-state index is 6.18. The Hall–Kier alpha value is -3.53. The highest BCUT2D eigenvalue weighted by atomic mass is 32.1. The van der Waals surface area contributed by atoms with E-state index >= 15 is 0 Å². The molecule has 0 aliphatic rings. The van der Waals surface area contributed by atoms with Gasteiger partial charge in [-0.1, -0.05) is 9.24 Å². The molecule has 0 amide bonds. The quantitative estimate of drug-likeness (QED) is 0.275. The van der Waals surface area contributed by atoms with Crippen molar-refractivity contribution in [2.75, 3.05) is 14.2 Å². The van der Waals surface area contributed by atoms with Crippen LogP contribution in [0.4, 0.5) is 0 Å². The molecule has 0 bridgehead atoms. The van der Waals surface area contributed by atoms with Crippen molar-refractivity contribution >= 4 is 53.3 Å². The Balaban J connectivity index is 1.29. The number of benzene rings is 1. The Morgan fingerprint density at radius 1 is 1.11 bits per heavy atom. The highest BCUT2D eigenvalue weighted by molar-refractivity contribution is 7.27. The summed E-state index contributed by atoms with van der Waals surface area (Å²) in [5.41, 5.74) is 4.04. The van der Waals surface area contributed by atoms with E-state index in [-0.39, 0.29) is 0 Å². The van der Waals surface area contributed by atoms with Gasteiger partial charge in [0, 0.05) is 29.3 Å². The molecule has 5 heterocycles. The fourth-order valence-electron chi connectivity index (χ4n) is 3.57. The molecule has 0 fully saturated rings. The zero-order valence-corrected chi connectivity index (χ0v) is 21.4. The Morgan fingerprint density at radius 3 is 2.83 bits per heavy atom. The van der Waals surface area contributed by atoms with Gasteiger partial charge in [0.2, 0.25) is 4.96 Å². The molecule has 0 aliphatic heterocycles. The molecule has 1 atom stereocenters. The predicted molar refractivity (Wildman–Crippen MR) is 138 cm³/mol. The lowest BCUT2D eigenvalue weighted by Crippen LogP contribution is -1.98. The van der Waals surface area contributed by atoms with Gasteiger partial charge in [-0.15, -0.1) is 16.4 Å². The minimum atomic E-state index is 0.308. The van der Waals surface area contributed by atoms with Crippen LogP contribution in [0.3, 0.4) is 0 Å². The molecule has 1 unspecified atom stereocenters. The van der Waals surface area contributed by atoms with E-state index in [0.29, 0.717) is 45.3 Å². The largest absolute Gasteiger partial charge is 0.496 e. The van der Waals surface area contributed by atoms with E-state index in [1.807, 2.05) is 35.7 Å². The van der Waals surface area contributed by atoms with E-state index in [1.165, 1.54) is 11.3 Å². The van der Waals surface area contributed by atoms with E-state index in [2.05, 4.69) is 24.3 Å². The van der Waals surface area contributed by atoms with Gasteiger partial charge in [-0.05, 0) is 29.5 Å². The Morgan fingerprint density at radius 2 is 2.03 bits per heavy atom. The van der Waals surface area contributed by atoms with Gasteiger partial charge in [0.05, 0.1) is 36.9 Å². The van der Waals surface area contributed by atoms with Crippen molar-refractivity contribution in [1.29, 1.82) is 0 Å². The molecule has 6 rings (SSSR count). The van der Waals surface area contributed by atoms with E-state index in [9.17, 15) is 0 Å². The summed E-state index contributed by atoms with van der Waals surface area (Å²) in [6.45, 7) is 0.308. The van der Waals surface area contributed by atoms with Crippen LogP contribution in [0, 0.1) is 0 Å². The number of hydrogen-bond donors (Lipinski definition) is 0. The number of hydrogen-bond acceptors (Lipinski definition) is 10. The number of pyridine rings is 1. The lowest BCUT2D eigenvalue weighted by molar-refractivity contribution is 0.303. The summed E-state index contributed by atoms with van der Waals surface area (Å²) in [5, 5.41) is 8.60. The number of nitrogens with zero attached hydrogens (tertiary/aromatic N) is 5. The molecule has 9 nitrogen and oxygen atoms in total. The fourth-order valence-corrected chi connectivity index (χ4v) is 5.33. The molecule has 0 N–H and O–H groups in total. The maximum Gasteiger partial charge on any atom is 0.294 e. The third-order valence-corrected chi connectivity index (χ3v) is 7.36. The summed E-state index contributed by atoms with van der Waals surface area (Å²) >= 11 is 2.93. The van der Waals surface area contributed by atoms with Crippen LogP contribution < -0.4 is 19.6 Å². The number of aromatic nitrogens is 5. The molecule has 0 spiro atoms. The van der Waals surface area contributed by atoms with Crippen molar-refractivity contribution in [3.63, 3.8) is 0 Å². The van der Waals surface area contributed by atoms with E-state index in [1.54, 1.807) is 42.5 Å². The van der Waals surface area contributed by atoms with Crippen molar-refractivity contribution in [2.45, 2.75) is 6.61 Å². The van der Waals surface area contributed by atoms with Gasteiger partial charge in [-0.2, -0.15) is 0 Å². The number of furan rings is 1. The zero-order chi connectivity index (χ0) is 23.9. The molecule has 1 aromatic carbocycles. The van der Waals surface area contributed by atoms with Gasteiger partial charge in [0.1, 0.15) is 34.4 Å². The van der Waals surface area contributed by atoms with Crippen molar-refractivity contribution in [3.05, 3.63) is 53.8 Å². The first-order chi connectivity index (χ1) is 17.1. The molecule has 0 saturated heterocycles. The van der Waals surface area contributed by atoms with Gasteiger partial charge >= 0.3 is 0 Å².